The molecule has 2 N–H and O–H groups in total. The number of ether oxygens (including phenoxy) is 1. The Kier molecular flexibility index (Phi) is 6.77. The summed E-state index contributed by atoms with van der Waals surface area (Å²) in [5.74, 6) is 0.183. The van der Waals surface area contributed by atoms with E-state index in [1.165, 1.54) is 0 Å². The van der Waals surface area contributed by atoms with E-state index >= 15 is 0 Å². The molecule has 0 aliphatic heterocycles. The van der Waals surface area contributed by atoms with Gasteiger partial charge in [0.2, 0.25) is 5.95 Å². The Morgan fingerprint density at radius 1 is 1.26 bits per heavy atom. The van der Waals surface area contributed by atoms with Gasteiger partial charge in [-0.2, -0.15) is 0 Å². The van der Waals surface area contributed by atoms with Gasteiger partial charge in [-0.15, -0.1) is 0 Å². The third-order valence-corrected chi connectivity index (χ3v) is 3.31. The van der Waals surface area contributed by atoms with Gasteiger partial charge in [-0.1, -0.05) is 23.7 Å². The first-order chi connectivity index (χ1) is 11.2. The van der Waals surface area contributed by atoms with E-state index in [0.29, 0.717) is 36.4 Å². The Hall–Kier alpha value is -2.18. The Balaban J connectivity index is 1.88. The monoisotopic (exact) mass is 334 g/mol. The van der Waals surface area contributed by atoms with Crippen LogP contribution in [0.15, 0.2) is 36.5 Å². The normalized spacial score (nSPS) is 10.3. The van der Waals surface area contributed by atoms with E-state index in [4.69, 9.17) is 16.3 Å². The molecule has 0 radical (unpaired) electrons. The predicted octanol–water partition coefficient (Wildman–Crippen LogP) is 2.51. The zero-order valence-corrected chi connectivity index (χ0v) is 13.6. The summed E-state index contributed by atoms with van der Waals surface area (Å²) in [6.07, 6.45) is 2.32. The molecule has 0 aliphatic carbocycles. The number of hydrogen-bond donors (Lipinski definition) is 2. The number of amides is 1. The van der Waals surface area contributed by atoms with Crippen molar-refractivity contribution in [2.75, 3.05) is 25.6 Å². The van der Waals surface area contributed by atoms with Gasteiger partial charge in [-0.25, -0.2) is 9.97 Å². The molecule has 1 amide bonds. The number of methoxy groups -OCH3 is 1. The lowest BCUT2D eigenvalue weighted by Crippen LogP contribution is -2.26. The summed E-state index contributed by atoms with van der Waals surface area (Å²) in [5, 5.41) is 6.57. The van der Waals surface area contributed by atoms with Crippen LogP contribution in [0.2, 0.25) is 5.02 Å². The third-order valence-electron chi connectivity index (χ3n) is 3.06. The van der Waals surface area contributed by atoms with Crippen molar-refractivity contribution in [2.45, 2.75) is 13.0 Å². The average molecular weight is 335 g/mol. The summed E-state index contributed by atoms with van der Waals surface area (Å²) in [7, 11) is 1.63. The van der Waals surface area contributed by atoms with E-state index in [9.17, 15) is 4.79 Å². The molecule has 23 heavy (non-hydrogen) atoms. The molecule has 0 atom stereocenters. The maximum absolute atomic E-state index is 12.0. The number of carbonyl (C=O) groups is 1. The van der Waals surface area contributed by atoms with E-state index in [1.807, 2.05) is 24.3 Å². The second-order valence-corrected chi connectivity index (χ2v) is 5.28. The summed E-state index contributed by atoms with van der Waals surface area (Å²) in [4.78, 5) is 20.3. The zero-order chi connectivity index (χ0) is 16.5. The van der Waals surface area contributed by atoms with Crippen LogP contribution in [0.1, 0.15) is 22.5 Å². The van der Waals surface area contributed by atoms with Crippen molar-refractivity contribution in [3.05, 3.63) is 52.8 Å². The Bertz CT molecular complexity index is 634. The fourth-order valence-electron chi connectivity index (χ4n) is 1.86. The average Bonchev–Trinajstić information content (AvgIpc) is 2.58. The number of benzene rings is 1. The molecular weight excluding hydrogens is 316 g/mol. The Labute approximate surface area is 140 Å². The first kappa shape index (κ1) is 17.2. The molecule has 0 saturated heterocycles. The first-order valence-electron chi connectivity index (χ1n) is 7.27. The standard InChI is InChI=1S/C16H19ClN4O2/c1-23-10-2-8-18-15(22)14-7-9-19-16(21-14)20-11-12-3-5-13(17)6-4-12/h3-7,9H,2,8,10-11H2,1H3,(H,18,22)(H,19,20,21). The Morgan fingerprint density at radius 3 is 2.78 bits per heavy atom. The fourth-order valence-corrected chi connectivity index (χ4v) is 1.99. The molecule has 0 spiro atoms. The second kappa shape index (κ2) is 9.07. The maximum Gasteiger partial charge on any atom is 0.270 e. The molecule has 6 nitrogen and oxygen atoms in total. The number of aromatic nitrogens is 2. The zero-order valence-electron chi connectivity index (χ0n) is 12.9. The summed E-state index contributed by atoms with van der Waals surface area (Å²) >= 11 is 5.85. The van der Waals surface area contributed by atoms with Crippen molar-refractivity contribution in [3.63, 3.8) is 0 Å². The van der Waals surface area contributed by atoms with Crippen LogP contribution in [-0.4, -0.2) is 36.1 Å². The molecule has 7 heteroatoms. The second-order valence-electron chi connectivity index (χ2n) is 4.85. The highest BCUT2D eigenvalue weighted by Gasteiger charge is 2.08. The first-order valence-corrected chi connectivity index (χ1v) is 7.65. The van der Waals surface area contributed by atoms with E-state index in [1.54, 1.807) is 19.4 Å². The number of anilines is 1. The highest BCUT2D eigenvalue weighted by Crippen LogP contribution is 2.10. The highest BCUT2D eigenvalue weighted by molar-refractivity contribution is 6.30. The topological polar surface area (TPSA) is 76.1 Å². The van der Waals surface area contributed by atoms with Crippen molar-refractivity contribution in [2.24, 2.45) is 0 Å². The third kappa shape index (κ3) is 5.84. The van der Waals surface area contributed by atoms with E-state index in [2.05, 4.69) is 20.6 Å². The van der Waals surface area contributed by atoms with Gasteiger partial charge in [0.1, 0.15) is 5.69 Å². The summed E-state index contributed by atoms with van der Waals surface area (Å²) in [5.41, 5.74) is 1.38. The molecule has 2 rings (SSSR count). The lowest BCUT2D eigenvalue weighted by Gasteiger charge is -2.07. The number of halogens is 1. The molecular formula is C16H19ClN4O2. The summed E-state index contributed by atoms with van der Waals surface area (Å²) in [6, 6.07) is 9.06. The number of nitrogens with one attached hydrogen (secondary N) is 2. The van der Waals surface area contributed by atoms with Crippen LogP contribution in [0.5, 0.6) is 0 Å². The van der Waals surface area contributed by atoms with Crippen molar-refractivity contribution >= 4 is 23.5 Å². The maximum atomic E-state index is 12.0. The van der Waals surface area contributed by atoms with Gasteiger partial charge in [0.15, 0.2) is 0 Å². The Morgan fingerprint density at radius 2 is 2.04 bits per heavy atom. The lowest BCUT2D eigenvalue weighted by molar-refractivity contribution is 0.0943. The summed E-state index contributed by atoms with van der Waals surface area (Å²) < 4.78 is 4.93. The van der Waals surface area contributed by atoms with Gasteiger partial charge < -0.3 is 15.4 Å². The van der Waals surface area contributed by atoms with Crippen LogP contribution in [0.4, 0.5) is 5.95 Å². The molecule has 2 aromatic rings. The number of carbonyl (C=O) groups excluding carboxylic acids is 1. The van der Waals surface area contributed by atoms with E-state index in [-0.39, 0.29) is 5.91 Å². The van der Waals surface area contributed by atoms with Crippen LogP contribution >= 0.6 is 11.6 Å². The van der Waals surface area contributed by atoms with Crippen LogP contribution < -0.4 is 10.6 Å². The molecule has 0 unspecified atom stereocenters. The fraction of sp³-hybridized carbons (Fsp3) is 0.312. The minimum Gasteiger partial charge on any atom is -0.385 e. The molecule has 1 heterocycles. The molecule has 1 aromatic heterocycles. The van der Waals surface area contributed by atoms with E-state index in [0.717, 1.165) is 12.0 Å². The van der Waals surface area contributed by atoms with Crippen LogP contribution in [0, 0.1) is 0 Å². The van der Waals surface area contributed by atoms with Gasteiger partial charge in [-0.3, -0.25) is 4.79 Å². The van der Waals surface area contributed by atoms with E-state index < -0.39 is 0 Å². The molecule has 0 aliphatic rings. The quantitative estimate of drug-likeness (QED) is 0.725. The predicted molar refractivity (Wildman–Crippen MR) is 89.6 cm³/mol. The van der Waals surface area contributed by atoms with Gasteiger partial charge >= 0.3 is 0 Å². The van der Waals surface area contributed by atoms with Crippen molar-refractivity contribution in [1.82, 2.24) is 15.3 Å². The molecule has 0 saturated carbocycles. The van der Waals surface area contributed by atoms with Crippen molar-refractivity contribution in [3.8, 4) is 0 Å². The summed E-state index contributed by atoms with van der Waals surface area (Å²) in [6.45, 7) is 1.71. The van der Waals surface area contributed by atoms with Crippen molar-refractivity contribution < 1.29 is 9.53 Å². The van der Waals surface area contributed by atoms with Crippen LogP contribution in [-0.2, 0) is 11.3 Å². The smallest absolute Gasteiger partial charge is 0.270 e. The molecule has 1 aromatic carbocycles. The molecule has 0 bridgehead atoms. The SMILES string of the molecule is COCCCNC(=O)c1ccnc(NCc2ccc(Cl)cc2)n1. The lowest BCUT2D eigenvalue weighted by atomic mass is 10.2. The largest absolute Gasteiger partial charge is 0.385 e. The molecule has 122 valence electrons. The van der Waals surface area contributed by atoms with Gasteiger partial charge in [0, 0.05) is 38.0 Å². The number of nitrogens with zero attached hydrogens (tertiary/aromatic N) is 2. The molecule has 0 fully saturated rings. The van der Waals surface area contributed by atoms with Gasteiger partial charge in [0.25, 0.3) is 5.91 Å². The highest BCUT2D eigenvalue weighted by atomic mass is 35.5. The minimum absolute atomic E-state index is 0.224. The number of hydrogen-bond acceptors (Lipinski definition) is 5. The van der Waals surface area contributed by atoms with Crippen LogP contribution in [0.25, 0.3) is 0 Å². The minimum atomic E-state index is -0.224. The van der Waals surface area contributed by atoms with Crippen molar-refractivity contribution in [1.29, 1.82) is 0 Å². The van der Waals surface area contributed by atoms with Crippen LogP contribution in [0.3, 0.4) is 0 Å². The van der Waals surface area contributed by atoms with Gasteiger partial charge in [0.05, 0.1) is 0 Å². The van der Waals surface area contributed by atoms with Gasteiger partial charge in [-0.05, 0) is 30.2 Å². The number of rotatable bonds is 8.